The number of hydrogen-bond donors (Lipinski definition) is 3. The molecule has 0 saturated carbocycles. The Bertz CT molecular complexity index is 1480. The summed E-state index contributed by atoms with van der Waals surface area (Å²) in [6.45, 7) is 13.7. The standard InChI is InChI=1S/C42H54N2O6/c1-6-8-20-35(25-31-16-11-9-12-17-31)41(48)50-30-38(42(3,4)5)44-40(47)34(15-7-2)27-39(46)43-36(28-45)26-32-21-23-37(24-22-32)49-29-33-18-13-10-14-19-33/h6-7,9-14,16-19,21-24,34-36,38,45H,1-2,8,15,20,25-30H2,3-5H3,(H,43,46)(H,44,47). The minimum absolute atomic E-state index is 0.00310. The molecule has 0 radical (unpaired) electrons. The molecular formula is C42H54N2O6. The molecule has 2 amide bonds. The van der Waals surface area contributed by atoms with Crippen molar-refractivity contribution >= 4 is 17.8 Å². The average Bonchev–Trinajstić information content (AvgIpc) is 3.11. The van der Waals surface area contributed by atoms with Gasteiger partial charge < -0.3 is 25.2 Å². The first-order valence-corrected chi connectivity index (χ1v) is 17.4. The zero-order chi connectivity index (χ0) is 36.4. The summed E-state index contributed by atoms with van der Waals surface area (Å²) < 4.78 is 11.7. The van der Waals surface area contributed by atoms with Gasteiger partial charge in [-0.15, -0.1) is 13.2 Å². The second-order valence-corrected chi connectivity index (χ2v) is 13.8. The second-order valence-electron chi connectivity index (χ2n) is 13.8. The smallest absolute Gasteiger partial charge is 0.309 e. The highest BCUT2D eigenvalue weighted by molar-refractivity contribution is 5.86. The lowest BCUT2D eigenvalue weighted by molar-refractivity contribution is -0.151. The molecule has 8 heteroatoms. The molecular weight excluding hydrogens is 628 g/mol. The van der Waals surface area contributed by atoms with Crippen molar-refractivity contribution in [1.29, 1.82) is 0 Å². The summed E-state index contributed by atoms with van der Waals surface area (Å²) in [6, 6.07) is 26.2. The average molecular weight is 683 g/mol. The van der Waals surface area contributed by atoms with Crippen molar-refractivity contribution in [1.82, 2.24) is 10.6 Å². The van der Waals surface area contributed by atoms with E-state index in [1.807, 2.05) is 106 Å². The fourth-order valence-corrected chi connectivity index (χ4v) is 5.51. The Kier molecular flexibility index (Phi) is 16.5. The van der Waals surface area contributed by atoms with E-state index in [4.69, 9.17) is 9.47 Å². The number of ether oxygens (including phenoxy) is 2. The first-order valence-electron chi connectivity index (χ1n) is 17.4. The van der Waals surface area contributed by atoms with E-state index in [1.165, 1.54) is 0 Å². The van der Waals surface area contributed by atoms with Crippen molar-refractivity contribution in [2.75, 3.05) is 13.2 Å². The maximum absolute atomic E-state index is 13.6. The third kappa shape index (κ3) is 14.0. The van der Waals surface area contributed by atoms with Crippen LogP contribution in [0, 0.1) is 17.3 Å². The number of carbonyl (C=O) groups is 3. The van der Waals surface area contributed by atoms with E-state index >= 15 is 0 Å². The van der Waals surface area contributed by atoms with Gasteiger partial charge in [0.1, 0.15) is 19.0 Å². The zero-order valence-corrected chi connectivity index (χ0v) is 29.8. The van der Waals surface area contributed by atoms with Crippen molar-refractivity contribution in [2.45, 2.75) is 78.0 Å². The van der Waals surface area contributed by atoms with E-state index in [0.717, 1.165) is 22.4 Å². The molecule has 0 fully saturated rings. The molecule has 0 saturated heterocycles. The van der Waals surface area contributed by atoms with Crippen LogP contribution in [0.5, 0.6) is 5.75 Å². The quantitative estimate of drug-likeness (QED) is 0.0845. The number of rotatable bonds is 21. The summed E-state index contributed by atoms with van der Waals surface area (Å²) in [4.78, 5) is 40.0. The fourth-order valence-electron chi connectivity index (χ4n) is 5.51. The molecule has 0 heterocycles. The Hall–Kier alpha value is -4.69. The van der Waals surface area contributed by atoms with Gasteiger partial charge in [0, 0.05) is 6.42 Å². The van der Waals surface area contributed by atoms with Crippen LogP contribution in [-0.4, -0.2) is 48.2 Å². The minimum Gasteiger partial charge on any atom is -0.489 e. The number of nitrogens with one attached hydrogen (secondary N) is 2. The van der Waals surface area contributed by atoms with Crippen LogP contribution in [-0.2, 0) is 38.6 Å². The van der Waals surface area contributed by atoms with E-state index in [0.29, 0.717) is 32.3 Å². The molecule has 3 rings (SSSR count). The van der Waals surface area contributed by atoms with Gasteiger partial charge >= 0.3 is 5.97 Å². The van der Waals surface area contributed by atoms with Crippen LogP contribution in [0.2, 0.25) is 0 Å². The van der Waals surface area contributed by atoms with Gasteiger partial charge in [-0.25, -0.2) is 0 Å². The molecule has 0 aromatic heterocycles. The predicted octanol–water partition coefficient (Wildman–Crippen LogP) is 6.77. The third-order valence-corrected chi connectivity index (χ3v) is 8.62. The summed E-state index contributed by atoms with van der Waals surface area (Å²) in [5, 5.41) is 16.0. The number of carbonyl (C=O) groups excluding carboxylic acids is 3. The van der Waals surface area contributed by atoms with Gasteiger partial charge in [-0.3, -0.25) is 14.4 Å². The molecule has 0 bridgehead atoms. The van der Waals surface area contributed by atoms with Gasteiger partial charge in [-0.1, -0.05) is 106 Å². The minimum atomic E-state index is -0.688. The van der Waals surface area contributed by atoms with Crippen LogP contribution in [0.3, 0.4) is 0 Å². The largest absolute Gasteiger partial charge is 0.489 e. The molecule has 3 N–H and O–H groups in total. The van der Waals surface area contributed by atoms with Crippen molar-refractivity contribution < 1.29 is 29.0 Å². The van der Waals surface area contributed by atoms with Gasteiger partial charge in [0.25, 0.3) is 0 Å². The van der Waals surface area contributed by atoms with Crippen LogP contribution in [0.25, 0.3) is 0 Å². The fraction of sp³-hybridized carbons (Fsp3) is 0.405. The van der Waals surface area contributed by atoms with E-state index in [2.05, 4.69) is 23.8 Å². The van der Waals surface area contributed by atoms with E-state index in [1.54, 1.807) is 12.2 Å². The second kappa shape index (κ2) is 20.7. The summed E-state index contributed by atoms with van der Waals surface area (Å²) in [7, 11) is 0. The Morgan fingerprint density at radius 2 is 1.42 bits per heavy atom. The van der Waals surface area contributed by atoms with Crippen LogP contribution in [0.15, 0.2) is 110 Å². The molecule has 3 aromatic carbocycles. The van der Waals surface area contributed by atoms with Crippen molar-refractivity contribution in [3.63, 3.8) is 0 Å². The van der Waals surface area contributed by atoms with Gasteiger partial charge in [0.05, 0.1) is 30.5 Å². The zero-order valence-electron chi connectivity index (χ0n) is 29.8. The molecule has 0 aliphatic carbocycles. The van der Waals surface area contributed by atoms with Crippen LogP contribution < -0.4 is 15.4 Å². The molecule has 4 unspecified atom stereocenters. The molecule has 268 valence electrons. The maximum atomic E-state index is 13.6. The number of aliphatic hydroxyl groups excluding tert-OH is 1. The monoisotopic (exact) mass is 682 g/mol. The number of aliphatic hydroxyl groups is 1. The Balaban J connectivity index is 1.55. The summed E-state index contributed by atoms with van der Waals surface area (Å²) >= 11 is 0. The predicted molar refractivity (Wildman–Crippen MR) is 198 cm³/mol. The Morgan fingerprint density at radius 1 is 0.800 bits per heavy atom. The first-order chi connectivity index (χ1) is 24.0. The highest BCUT2D eigenvalue weighted by Gasteiger charge is 2.32. The number of amides is 2. The van der Waals surface area contributed by atoms with Crippen LogP contribution in [0.1, 0.15) is 63.1 Å². The van der Waals surface area contributed by atoms with E-state index in [9.17, 15) is 19.5 Å². The van der Waals surface area contributed by atoms with Gasteiger partial charge in [-0.2, -0.15) is 0 Å². The number of hydrogen-bond acceptors (Lipinski definition) is 6. The highest BCUT2D eigenvalue weighted by Crippen LogP contribution is 2.23. The molecule has 3 aromatic rings. The Morgan fingerprint density at radius 3 is 2.00 bits per heavy atom. The van der Waals surface area contributed by atoms with Gasteiger partial charge in [0.2, 0.25) is 11.8 Å². The Labute approximate surface area is 298 Å². The first kappa shape index (κ1) is 39.7. The molecule has 0 spiro atoms. The lowest BCUT2D eigenvalue weighted by Gasteiger charge is -2.32. The summed E-state index contributed by atoms with van der Waals surface area (Å²) in [5.41, 5.74) is 2.62. The van der Waals surface area contributed by atoms with E-state index in [-0.39, 0.29) is 49.8 Å². The number of esters is 1. The summed E-state index contributed by atoms with van der Waals surface area (Å²) in [6.07, 6.45) is 5.87. The van der Waals surface area contributed by atoms with Gasteiger partial charge in [-0.05, 0) is 66.3 Å². The van der Waals surface area contributed by atoms with Gasteiger partial charge in [0.15, 0.2) is 0 Å². The molecule has 50 heavy (non-hydrogen) atoms. The normalized spacial score (nSPS) is 13.6. The molecule has 8 nitrogen and oxygen atoms in total. The maximum Gasteiger partial charge on any atom is 0.309 e. The van der Waals surface area contributed by atoms with Crippen molar-refractivity contribution in [3.8, 4) is 5.75 Å². The molecule has 4 atom stereocenters. The number of allylic oxidation sites excluding steroid dienone is 2. The van der Waals surface area contributed by atoms with E-state index < -0.39 is 23.4 Å². The number of benzene rings is 3. The summed E-state index contributed by atoms with van der Waals surface area (Å²) in [5.74, 6) is -1.29. The molecule has 0 aliphatic heterocycles. The third-order valence-electron chi connectivity index (χ3n) is 8.62. The lowest BCUT2D eigenvalue weighted by atomic mass is 9.86. The highest BCUT2D eigenvalue weighted by atomic mass is 16.5. The molecule has 0 aliphatic rings. The van der Waals surface area contributed by atoms with Crippen LogP contribution in [0.4, 0.5) is 0 Å². The lowest BCUT2D eigenvalue weighted by Crippen LogP contribution is -2.50. The van der Waals surface area contributed by atoms with Crippen molar-refractivity contribution in [3.05, 3.63) is 127 Å². The SMILES string of the molecule is C=CCCC(Cc1ccccc1)C(=O)OCC(NC(=O)C(CC=C)CC(=O)NC(CO)Cc1ccc(OCc2ccccc2)cc1)C(C)(C)C. The topological polar surface area (TPSA) is 114 Å². The van der Waals surface area contributed by atoms with Crippen molar-refractivity contribution in [2.24, 2.45) is 17.3 Å². The van der Waals surface area contributed by atoms with Crippen LogP contribution >= 0.6 is 0 Å².